The van der Waals surface area contributed by atoms with Crippen LogP contribution in [0.25, 0.3) is 0 Å². The Morgan fingerprint density at radius 3 is 0.896 bits per heavy atom. The van der Waals surface area contributed by atoms with Crippen LogP contribution in [0.4, 0.5) is 0 Å². The zero-order chi connectivity index (χ0) is 69.7. The molecule has 0 aliphatic rings. The van der Waals surface area contributed by atoms with Gasteiger partial charge in [0.15, 0.2) is 6.10 Å². The van der Waals surface area contributed by atoms with Gasteiger partial charge in [-0.1, -0.05) is 346 Å². The third-order valence-electron chi connectivity index (χ3n) is 16.8. The van der Waals surface area contributed by atoms with Gasteiger partial charge in [-0.2, -0.15) is 0 Å². The van der Waals surface area contributed by atoms with E-state index in [9.17, 15) is 19.0 Å². The molecule has 96 heavy (non-hydrogen) atoms. The Balaban J connectivity index is 4.06. The number of hydrogen-bond donors (Lipinski definition) is 0. The molecular formula is C86H148NO8P. The standard InChI is InChI=1S/C86H148NO8P/c1-6-8-10-12-14-16-18-20-22-24-26-28-30-32-34-36-38-39-40-41-42-43-44-45-46-47-49-51-53-55-57-59-61-63-65-67-69-71-73-75-77-79-86(89)95-84(83-94-96(90,91)93-81-80-87(3,4)5)82-92-85(88)78-76-74-72-70-68-66-64-62-60-58-56-54-52-50-48-37-35-33-31-29-27-25-23-21-19-17-15-13-11-9-7-2/h8,10,14,16,20,22,25-28,32,34,38-39,41-42,44-45,47,49,53,55,59,61,84H,6-7,9,11-13,15,17-19,21,23-24,29-31,33,35-37,40,43,46,48,50-52,54,56-58,60,62-83H2,1-5H3/b10-8-,16-14-,22-20-,27-25-,28-26-,34-32-,39-38-,42-41-,45-44-,49-47-,55-53-,61-59-. The summed E-state index contributed by atoms with van der Waals surface area (Å²) in [6, 6.07) is 0. The topological polar surface area (TPSA) is 111 Å². The van der Waals surface area contributed by atoms with E-state index in [1.165, 1.54) is 180 Å². The highest BCUT2D eigenvalue weighted by Crippen LogP contribution is 2.38. The highest BCUT2D eigenvalue weighted by atomic mass is 31.2. The normalized spacial score (nSPS) is 13.9. The van der Waals surface area contributed by atoms with Crippen LogP contribution >= 0.6 is 7.82 Å². The fraction of sp³-hybridized carbons (Fsp3) is 0.698. The smallest absolute Gasteiger partial charge is 0.306 e. The van der Waals surface area contributed by atoms with Gasteiger partial charge >= 0.3 is 11.9 Å². The fourth-order valence-corrected chi connectivity index (χ4v) is 11.6. The summed E-state index contributed by atoms with van der Waals surface area (Å²) in [4.78, 5) is 38.2. The first-order chi connectivity index (χ1) is 47.0. The van der Waals surface area contributed by atoms with Crippen molar-refractivity contribution in [1.82, 2.24) is 0 Å². The summed E-state index contributed by atoms with van der Waals surface area (Å²) in [5.41, 5.74) is 0. The van der Waals surface area contributed by atoms with Crippen LogP contribution in [0.5, 0.6) is 0 Å². The van der Waals surface area contributed by atoms with Crippen LogP contribution in [-0.2, 0) is 32.7 Å². The molecule has 0 spiro atoms. The molecule has 0 aromatic carbocycles. The number of carbonyl (C=O) groups is 2. The molecule has 10 heteroatoms. The molecule has 0 heterocycles. The van der Waals surface area contributed by atoms with Gasteiger partial charge in [-0.3, -0.25) is 14.2 Å². The highest BCUT2D eigenvalue weighted by Gasteiger charge is 2.22. The molecule has 0 aromatic heterocycles. The number of ether oxygens (including phenoxy) is 2. The van der Waals surface area contributed by atoms with Crippen molar-refractivity contribution in [1.29, 1.82) is 0 Å². The SMILES string of the molecule is CC/C=C\C/C=C\C/C=C\C/C=C\C/C=C\C/C=C\C/C=C\C/C=C\C/C=C\C/C=C\C/C=C\CCCCCCCCCC(=O)OC(COC(=O)CCCCCCCCCCCCCCCCCCCCC/C=C\CCCCCCCCCC)COP(=O)([O-])OCC[N+](C)(C)C. The monoisotopic (exact) mass is 1350 g/mol. The van der Waals surface area contributed by atoms with Crippen LogP contribution in [0.2, 0.25) is 0 Å². The van der Waals surface area contributed by atoms with Crippen molar-refractivity contribution in [3.05, 3.63) is 146 Å². The van der Waals surface area contributed by atoms with Gasteiger partial charge in [0.2, 0.25) is 0 Å². The van der Waals surface area contributed by atoms with Gasteiger partial charge in [0.25, 0.3) is 7.82 Å². The van der Waals surface area contributed by atoms with Gasteiger partial charge in [-0.15, -0.1) is 0 Å². The second-order valence-electron chi connectivity index (χ2n) is 27.3. The molecule has 0 radical (unpaired) electrons. The summed E-state index contributed by atoms with van der Waals surface area (Å²) < 4.78 is 34.4. The van der Waals surface area contributed by atoms with Crippen molar-refractivity contribution in [2.45, 2.75) is 341 Å². The van der Waals surface area contributed by atoms with Gasteiger partial charge in [-0.05, 0) is 122 Å². The first-order valence-corrected chi connectivity index (χ1v) is 41.0. The van der Waals surface area contributed by atoms with Crippen molar-refractivity contribution >= 4 is 19.8 Å². The lowest BCUT2D eigenvalue weighted by Crippen LogP contribution is -2.37. The number of phosphoric ester groups is 1. The molecule has 0 saturated carbocycles. The molecule has 0 aromatic rings. The number of esters is 2. The molecule has 0 aliphatic heterocycles. The highest BCUT2D eigenvalue weighted by molar-refractivity contribution is 7.45. The quantitative estimate of drug-likeness (QED) is 0.0195. The fourth-order valence-electron chi connectivity index (χ4n) is 10.8. The average Bonchev–Trinajstić information content (AvgIpc) is 2.54. The van der Waals surface area contributed by atoms with Gasteiger partial charge < -0.3 is 27.9 Å². The minimum absolute atomic E-state index is 0.0385. The Hall–Kier alpha value is -4.11. The predicted molar refractivity (Wildman–Crippen MR) is 415 cm³/mol. The molecule has 0 aliphatic carbocycles. The van der Waals surface area contributed by atoms with Crippen LogP contribution in [0.1, 0.15) is 335 Å². The van der Waals surface area contributed by atoms with Gasteiger partial charge in [0.05, 0.1) is 27.7 Å². The molecule has 2 atom stereocenters. The summed E-state index contributed by atoms with van der Waals surface area (Å²) in [7, 11) is 1.15. The maximum Gasteiger partial charge on any atom is 0.306 e. The lowest BCUT2D eigenvalue weighted by atomic mass is 10.0. The number of hydrogen-bond acceptors (Lipinski definition) is 8. The number of carbonyl (C=O) groups excluding carboxylic acids is 2. The number of likely N-dealkylation sites (N-methyl/N-ethyl adjacent to an activating group) is 1. The number of nitrogens with zero attached hydrogens (tertiary/aromatic N) is 1. The first kappa shape index (κ1) is 91.9. The van der Waals surface area contributed by atoms with Crippen molar-refractivity contribution in [3.8, 4) is 0 Å². The molecule has 0 fully saturated rings. The molecular weight excluding hydrogens is 1210 g/mol. The van der Waals surface area contributed by atoms with E-state index in [1.54, 1.807) is 0 Å². The van der Waals surface area contributed by atoms with Crippen LogP contribution in [0.3, 0.4) is 0 Å². The maximum atomic E-state index is 12.9. The predicted octanol–water partition coefficient (Wildman–Crippen LogP) is 25.9. The largest absolute Gasteiger partial charge is 0.756 e. The van der Waals surface area contributed by atoms with E-state index in [-0.39, 0.29) is 32.0 Å². The molecule has 0 amide bonds. The number of quaternary nitrogens is 1. The van der Waals surface area contributed by atoms with E-state index in [0.29, 0.717) is 17.4 Å². The molecule has 0 bridgehead atoms. The molecule has 0 saturated heterocycles. The third kappa shape index (κ3) is 78.9. The minimum Gasteiger partial charge on any atom is -0.756 e. The Labute approximate surface area is 593 Å². The molecule has 2 unspecified atom stereocenters. The van der Waals surface area contributed by atoms with Crippen LogP contribution < -0.4 is 4.89 Å². The third-order valence-corrected chi connectivity index (χ3v) is 17.8. The minimum atomic E-state index is -4.66. The van der Waals surface area contributed by atoms with Crippen molar-refractivity contribution in [2.75, 3.05) is 47.5 Å². The first-order valence-electron chi connectivity index (χ1n) is 39.5. The number of allylic oxidation sites excluding steroid dienone is 24. The molecule has 550 valence electrons. The number of phosphoric acid groups is 1. The Morgan fingerprint density at radius 1 is 0.333 bits per heavy atom. The summed E-state index contributed by atoms with van der Waals surface area (Å²) in [5.74, 6) is -0.842. The zero-order valence-electron chi connectivity index (χ0n) is 62.8. The lowest BCUT2D eigenvalue weighted by molar-refractivity contribution is -0.870. The molecule has 0 rings (SSSR count). The molecule has 0 N–H and O–H groups in total. The van der Waals surface area contributed by atoms with E-state index >= 15 is 0 Å². The maximum absolute atomic E-state index is 12.9. The van der Waals surface area contributed by atoms with E-state index in [1.807, 2.05) is 21.1 Å². The second kappa shape index (κ2) is 75.1. The Kier molecular flexibility index (Phi) is 71.9. The van der Waals surface area contributed by atoms with Crippen LogP contribution in [-0.4, -0.2) is 70.0 Å². The van der Waals surface area contributed by atoms with E-state index < -0.39 is 26.5 Å². The van der Waals surface area contributed by atoms with Crippen LogP contribution in [0.15, 0.2) is 146 Å². The summed E-state index contributed by atoms with van der Waals surface area (Å²) in [5, 5.41) is 0. The average molecular weight is 1360 g/mol. The van der Waals surface area contributed by atoms with Crippen molar-refractivity contribution in [2.24, 2.45) is 0 Å². The second-order valence-corrected chi connectivity index (χ2v) is 28.8. The van der Waals surface area contributed by atoms with Crippen molar-refractivity contribution in [3.63, 3.8) is 0 Å². The summed E-state index contributed by atoms with van der Waals surface area (Å²) in [6.45, 7) is 4.14. The Bertz CT molecular complexity index is 2140. The van der Waals surface area contributed by atoms with Crippen LogP contribution in [0, 0.1) is 0 Å². The molecule has 9 nitrogen and oxygen atoms in total. The number of rotatable bonds is 72. The van der Waals surface area contributed by atoms with E-state index in [0.717, 1.165) is 122 Å². The van der Waals surface area contributed by atoms with Gasteiger partial charge in [-0.25, -0.2) is 0 Å². The lowest BCUT2D eigenvalue weighted by Gasteiger charge is -2.28. The summed E-state index contributed by atoms with van der Waals surface area (Å²) >= 11 is 0. The zero-order valence-corrected chi connectivity index (χ0v) is 63.7. The van der Waals surface area contributed by atoms with E-state index in [4.69, 9.17) is 18.5 Å². The van der Waals surface area contributed by atoms with Crippen molar-refractivity contribution < 1.29 is 42.1 Å². The summed E-state index contributed by atoms with van der Waals surface area (Å²) in [6.07, 6.45) is 111. The van der Waals surface area contributed by atoms with Gasteiger partial charge in [0.1, 0.15) is 19.8 Å². The van der Waals surface area contributed by atoms with E-state index in [2.05, 4.69) is 160 Å². The van der Waals surface area contributed by atoms with Gasteiger partial charge in [0, 0.05) is 12.8 Å². The number of unbranched alkanes of at least 4 members (excludes halogenated alkanes) is 34. The Morgan fingerprint density at radius 2 is 0.594 bits per heavy atom.